The summed E-state index contributed by atoms with van der Waals surface area (Å²) in [5.74, 6) is -0.593. The van der Waals surface area contributed by atoms with Crippen LogP contribution in [0.2, 0.25) is 0 Å². The van der Waals surface area contributed by atoms with Crippen molar-refractivity contribution in [2.24, 2.45) is 0 Å². The Morgan fingerprint density at radius 1 is 0.969 bits per heavy atom. The first-order chi connectivity index (χ1) is 14.9. The molecule has 1 aliphatic carbocycles. The average molecular weight is 451 g/mol. The molecular weight excluding hydrogens is 416 g/mol. The molecule has 1 heterocycles. The van der Waals surface area contributed by atoms with Crippen LogP contribution >= 0.6 is 11.8 Å². The van der Waals surface area contributed by atoms with Gasteiger partial charge in [0.05, 0.1) is 5.37 Å². The fraction of sp³-hybridized carbons (Fsp3) is 0.481. The van der Waals surface area contributed by atoms with Crippen LogP contribution in [0.25, 0.3) is 0 Å². The topological polar surface area (TPSA) is 49.4 Å². The van der Waals surface area contributed by atoms with Crippen LogP contribution in [-0.4, -0.2) is 30.5 Å². The summed E-state index contributed by atoms with van der Waals surface area (Å²) >= 11 is 1.12. The van der Waals surface area contributed by atoms with Crippen LogP contribution in [0.1, 0.15) is 74.3 Å². The monoisotopic (exact) mass is 450 g/mol. The molecule has 1 saturated heterocycles. The van der Waals surface area contributed by atoms with E-state index in [0.29, 0.717) is 0 Å². The van der Waals surface area contributed by atoms with Crippen molar-refractivity contribution in [1.82, 2.24) is 5.32 Å². The van der Waals surface area contributed by atoms with Crippen molar-refractivity contribution in [2.45, 2.75) is 69.6 Å². The highest BCUT2D eigenvalue weighted by Crippen LogP contribution is 2.48. The molecule has 4 rings (SSSR count). The van der Waals surface area contributed by atoms with Crippen molar-refractivity contribution in [3.05, 3.63) is 64.2 Å². The van der Waals surface area contributed by atoms with Gasteiger partial charge in [-0.05, 0) is 70.5 Å². The summed E-state index contributed by atoms with van der Waals surface area (Å²) in [6, 6.07) is 13.2. The summed E-state index contributed by atoms with van der Waals surface area (Å²) in [6.07, 6.45) is 2.31. The summed E-state index contributed by atoms with van der Waals surface area (Å²) in [5, 5.41) is 2.24. The molecule has 1 aliphatic heterocycles. The van der Waals surface area contributed by atoms with Crippen molar-refractivity contribution in [3.63, 3.8) is 0 Å². The highest BCUT2D eigenvalue weighted by molar-refractivity contribution is 8.16. The van der Waals surface area contributed by atoms with E-state index in [1.54, 1.807) is 0 Å². The number of fused-ring (bicyclic) bond motifs is 1. The van der Waals surface area contributed by atoms with Gasteiger partial charge in [0, 0.05) is 25.7 Å². The molecule has 1 amide bonds. The molecule has 0 bridgehead atoms. The van der Waals surface area contributed by atoms with E-state index in [0.717, 1.165) is 29.4 Å². The van der Waals surface area contributed by atoms with Crippen LogP contribution < -0.4 is 10.2 Å². The second-order valence-electron chi connectivity index (χ2n) is 10.8. The van der Waals surface area contributed by atoms with Crippen LogP contribution in [0.5, 0.6) is 0 Å². The number of aryl methyl sites for hydroxylation is 1. The Morgan fingerprint density at radius 3 is 2.03 bits per heavy atom. The lowest BCUT2D eigenvalue weighted by Crippen LogP contribution is -2.35. The summed E-state index contributed by atoms with van der Waals surface area (Å²) in [6.45, 7) is 11.5. The van der Waals surface area contributed by atoms with Crippen molar-refractivity contribution in [3.8, 4) is 0 Å². The van der Waals surface area contributed by atoms with E-state index in [4.69, 9.17) is 0 Å². The lowest BCUT2D eigenvalue weighted by atomic mass is 9.62. The first kappa shape index (κ1) is 22.9. The molecule has 1 fully saturated rings. The number of hydrogen-bond acceptors (Lipinski definition) is 4. The van der Waals surface area contributed by atoms with Crippen LogP contribution in [0.3, 0.4) is 0 Å². The Hall–Kier alpha value is -2.27. The van der Waals surface area contributed by atoms with E-state index in [1.165, 1.54) is 28.7 Å². The number of rotatable bonds is 4. The maximum Gasteiger partial charge on any atom is 0.299 e. The summed E-state index contributed by atoms with van der Waals surface area (Å²) in [4.78, 5) is 26.3. The molecule has 2 aliphatic rings. The van der Waals surface area contributed by atoms with Gasteiger partial charge in [0.15, 0.2) is 0 Å². The van der Waals surface area contributed by atoms with Crippen molar-refractivity contribution >= 4 is 28.5 Å². The van der Waals surface area contributed by atoms with Gasteiger partial charge in [-0.15, -0.1) is 0 Å². The largest absolute Gasteiger partial charge is 0.378 e. The number of nitrogens with zero attached hydrogens (tertiary/aromatic N) is 1. The minimum Gasteiger partial charge on any atom is -0.378 e. The number of hydrogen-bond donors (Lipinski definition) is 1. The van der Waals surface area contributed by atoms with Gasteiger partial charge in [-0.3, -0.25) is 9.59 Å². The molecule has 2 aromatic carbocycles. The standard InChI is InChI=1S/C27H34N2O2S/c1-16-14-20-21(27(4,5)13-12-26(20,2)3)15-19(16)22(24-28-23(30)25(31)32-24)17-8-10-18(11-9-17)29(6)7/h8-11,14-15,22,24H,12-13H2,1-7H3,(H,28,30). The number of amides is 1. The molecule has 1 N–H and O–H groups in total. The van der Waals surface area contributed by atoms with Crippen molar-refractivity contribution in [2.75, 3.05) is 19.0 Å². The molecule has 170 valence electrons. The molecule has 0 radical (unpaired) electrons. The molecule has 4 nitrogen and oxygen atoms in total. The van der Waals surface area contributed by atoms with Crippen LogP contribution in [0.4, 0.5) is 5.69 Å². The zero-order valence-electron chi connectivity index (χ0n) is 20.2. The molecule has 2 unspecified atom stereocenters. The molecule has 0 saturated carbocycles. The van der Waals surface area contributed by atoms with Crippen LogP contribution in [0.15, 0.2) is 36.4 Å². The summed E-state index contributed by atoms with van der Waals surface area (Å²) in [7, 11) is 4.05. The second kappa shape index (κ2) is 7.95. The lowest BCUT2D eigenvalue weighted by molar-refractivity contribution is -0.132. The average Bonchev–Trinajstić information content (AvgIpc) is 3.05. The Morgan fingerprint density at radius 2 is 1.53 bits per heavy atom. The van der Waals surface area contributed by atoms with E-state index in [9.17, 15) is 9.59 Å². The molecule has 0 spiro atoms. The molecule has 0 aromatic heterocycles. The van der Waals surface area contributed by atoms with Crippen molar-refractivity contribution in [1.29, 1.82) is 0 Å². The minimum atomic E-state index is -0.494. The summed E-state index contributed by atoms with van der Waals surface area (Å²) in [5.41, 5.74) is 7.69. The van der Waals surface area contributed by atoms with Gasteiger partial charge < -0.3 is 10.2 Å². The fourth-order valence-electron chi connectivity index (χ4n) is 5.11. The molecule has 5 heteroatoms. The summed E-state index contributed by atoms with van der Waals surface area (Å²) < 4.78 is 0. The molecule has 2 aromatic rings. The zero-order chi connectivity index (χ0) is 23.4. The Balaban J connectivity index is 1.88. The SMILES string of the molecule is Cc1cc2c(cc1C(c1ccc(N(C)C)cc1)C1NC(=O)C(=O)S1)C(C)(C)CCC2(C)C. The van der Waals surface area contributed by atoms with Crippen LogP contribution in [0, 0.1) is 6.92 Å². The van der Waals surface area contributed by atoms with Crippen LogP contribution in [-0.2, 0) is 20.4 Å². The van der Waals surface area contributed by atoms with Gasteiger partial charge in [-0.25, -0.2) is 0 Å². The van der Waals surface area contributed by atoms with Gasteiger partial charge in [0.1, 0.15) is 0 Å². The Bertz CT molecular complexity index is 1050. The van der Waals surface area contributed by atoms with Crippen molar-refractivity contribution < 1.29 is 9.59 Å². The fourth-order valence-corrected chi connectivity index (χ4v) is 6.11. The zero-order valence-corrected chi connectivity index (χ0v) is 21.0. The van der Waals surface area contributed by atoms with Gasteiger partial charge in [0.25, 0.3) is 11.0 Å². The van der Waals surface area contributed by atoms with Gasteiger partial charge in [0.2, 0.25) is 0 Å². The normalized spacial score (nSPS) is 22.3. The minimum absolute atomic E-state index is 0.0918. The second-order valence-corrected chi connectivity index (χ2v) is 11.9. The molecular formula is C27H34N2O2S. The Labute approximate surface area is 196 Å². The number of nitrogens with one attached hydrogen (secondary N) is 1. The van der Waals surface area contributed by atoms with E-state index in [1.807, 2.05) is 14.1 Å². The predicted octanol–water partition coefficient (Wildman–Crippen LogP) is 5.26. The number of thioether (sulfide) groups is 1. The third kappa shape index (κ3) is 3.96. The third-order valence-corrected chi connectivity index (χ3v) is 8.38. The highest BCUT2D eigenvalue weighted by atomic mass is 32.2. The quantitative estimate of drug-likeness (QED) is 0.646. The van der Waals surface area contributed by atoms with E-state index >= 15 is 0 Å². The Kier molecular flexibility index (Phi) is 5.69. The first-order valence-corrected chi connectivity index (χ1v) is 12.2. The molecule has 32 heavy (non-hydrogen) atoms. The first-order valence-electron chi connectivity index (χ1n) is 11.3. The number of carbonyl (C=O) groups excluding carboxylic acids is 2. The predicted molar refractivity (Wildman–Crippen MR) is 134 cm³/mol. The highest BCUT2D eigenvalue weighted by Gasteiger charge is 2.41. The van der Waals surface area contributed by atoms with E-state index < -0.39 is 11.0 Å². The number of benzene rings is 2. The molecule has 2 atom stereocenters. The lowest BCUT2D eigenvalue weighted by Gasteiger charge is -2.43. The third-order valence-electron chi connectivity index (χ3n) is 7.34. The number of anilines is 1. The maximum absolute atomic E-state index is 12.1. The number of carbonyl (C=O) groups is 2. The van der Waals surface area contributed by atoms with Gasteiger partial charge in [-0.2, -0.15) is 0 Å². The van der Waals surface area contributed by atoms with Gasteiger partial charge >= 0.3 is 0 Å². The van der Waals surface area contributed by atoms with E-state index in [-0.39, 0.29) is 22.1 Å². The smallest absolute Gasteiger partial charge is 0.299 e. The maximum atomic E-state index is 12.1. The van der Waals surface area contributed by atoms with Gasteiger partial charge in [-0.1, -0.05) is 63.7 Å². The van der Waals surface area contributed by atoms with E-state index in [2.05, 4.69) is 81.2 Å².